The summed E-state index contributed by atoms with van der Waals surface area (Å²) in [6, 6.07) is 11.2. The van der Waals surface area contributed by atoms with Gasteiger partial charge in [-0.05, 0) is 30.3 Å². The summed E-state index contributed by atoms with van der Waals surface area (Å²) in [6.45, 7) is 0. The lowest BCUT2D eigenvalue weighted by Gasteiger charge is -2.25. The van der Waals surface area contributed by atoms with Crippen molar-refractivity contribution >= 4 is 5.78 Å². The lowest BCUT2D eigenvalue weighted by Crippen LogP contribution is -2.20. The Kier molecular flexibility index (Phi) is 2.63. The number of Topliss-reactive ketones (excluding diaryl/α,β-unsaturated/α-hetero) is 1. The molecule has 0 bridgehead atoms. The standard InChI is InChI=1S/C15H12O4/c16-9-5-6-12(17)11(7-9)15-8-13(18)10-3-1-2-4-14(10)19-15/h1-7,15-17H,8H2/t15-/m0/s1. The molecule has 0 aliphatic carbocycles. The van der Waals surface area contributed by atoms with E-state index in [1.807, 2.05) is 0 Å². The van der Waals surface area contributed by atoms with Crippen LogP contribution in [-0.4, -0.2) is 16.0 Å². The second-order valence-electron chi connectivity index (χ2n) is 4.47. The SMILES string of the molecule is O=C1C[C@@H](c2cc(O)ccc2O)Oc2ccccc21. The molecular formula is C15H12O4. The van der Waals surface area contributed by atoms with Crippen molar-refractivity contribution in [2.75, 3.05) is 0 Å². The maximum atomic E-state index is 12.0. The number of carbonyl (C=O) groups excluding carboxylic acids is 1. The second-order valence-corrected chi connectivity index (χ2v) is 4.47. The van der Waals surface area contributed by atoms with Crippen LogP contribution in [0.5, 0.6) is 17.2 Å². The Morgan fingerprint density at radius 2 is 1.89 bits per heavy atom. The van der Waals surface area contributed by atoms with Crippen molar-refractivity contribution in [2.45, 2.75) is 12.5 Å². The number of fused-ring (bicyclic) bond motifs is 1. The minimum atomic E-state index is -0.575. The van der Waals surface area contributed by atoms with Gasteiger partial charge in [-0.1, -0.05) is 12.1 Å². The van der Waals surface area contributed by atoms with Crippen LogP contribution >= 0.6 is 0 Å². The number of hydrogen-bond donors (Lipinski definition) is 2. The molecule has 2 aromatic rings. The maximum Gasteiger partial charge on any atom is 0.170 e. The molecule has 3 rings (SSSR count). The highest BCUT2D eigenvalue weighted by Gasteiger charge is 2.29. The normalized spacial score (nSPS) is 17.7. The monoisotopic (exact) mass is 256 g/mol. The van der Waals surface area contributed by atoms with Crippen LogP contribution in [0.25, 0.3) is 0 Å². The van der Waals surface area contributed by atoms with Crippen LogP contribution in [0, 0.1) is 0 Å². The minimum Gasteiger partial charge on any atom is -0.508 e. The van der Waals surface area contributed by atoms with E-state index in [0.717, 1.165) is 0 Å². The first-order chi connectivity index (χ1) is 9.15. The minimum absolute atomic E-state index is 0.00924. The van der Waals surface area contributed by atoms with E-state index in [4.69, 9.17) is 4.74 Å². The molecule has 19 heavy (non-hydrogen) atoms. The summed E-state index contributed by atoms with van der Waals surface area (Å²) < 4.78 is 5.73. The molecular weight excluding hydrogens is 244 g/mol. The molecule has 0 unspecified atom stereocenters. The van der Waals surface area contributed by atoms with Gasteiger partial charge in [0.05, 0.1) is 12.0 Å². The first-order valence-electron chi connectivity index (χ1n) is 5.96. The van der Waals surface area contributed by atoms with E-state index in [-0.39, 0.29) is 23.7 Å². The summed E-state index contributed by atoms with van der Waals surface area (Å²) in [5.74, 6) is 0.513. The molecule has 1 aliphatic rings. The quantitative estimate of drug-likeness (QED) is 0.770. The van der Waals surface area contributed by atoms with Crippen molar-refractivity contribution in [1.82, 2.24) is 0 Å². The van der Waals surface area contributed by atoms with Crippen LogP contribution in [0.1, 0.15) is 28.4 Å². The number of rotatable bonds is 1. The van der Waals surface area contributed by atoms with E-state index in [1.54, 1.807) is 24.3 Å². The van der Waals surface area contributed by atoms with E-state index >= 15 is 0 Å². The summed E-state index contributed by atoms with van der Waals surface area (Å²) in [4.78, 5) is 12.0. The topological polar surface area (TPSA) is 66.8 Å². The van der Waals surface area contributed by atoms with Gasteiger partial charge in [0.1, 0.15) is 23.4 Å². The third-order valence-corrected chi connectivity index (χ3v) is 3.19. The van der Waals surface area contributed by atoms with Gasteiger partial charge in [0.2, 0.25) is 0 Å². The van der Waals surface area contributed by atoms with E-state index < -0.39 is 6.10 Å². The average Bonchev–Trinajstić information content (AvgIpc) is 2.41. The number of phenols is 2. The van der Waals surface area contributed by atoms with Crippen molar-refractivity contribution in [3.8, 4) is 17.2 Å². The smallest absolute Gasteiger partial charge is 0.170 e. The number of ether oxygens (including phenoxy) is 1. The van der Waals surface area contributed by atoms with Gasteiger partial charge in [-0.2, -0.15) is 0 Å². The van der Waals surface area contributed by atoms with Gasteiger partial charge in [-0.15, -0.1) is 0 Å². The molecule has 2 N–H and O–H groups in total. The van der Waals surface area contributed by atoms with E-state index in [2.05, 4.69) is 0 Å². The van der Waals surface area contributed by atoms with Crippen LogP contribution in [-0.2, 0) is 0 Å². The highest BCUT2D eigenvalue weighted by Crippen LogP contribution is 2.38. The summed E-state index contributed by atoms with van der Waals surface area (Å²) in [5, 5.41) is 19.3. The van der Waals surface area contributed by atoms with Gasteiger partial charge >= 0.3 is 0 Å². The van der Waals surface area contributed by atoms with E-state index in [1.165, 1.54) is 18.2 Å². The maximum absolute atomic E-state index is 12.0. The van der Waals surface area contributed by atoms with Crippen molar-refractivity contribution in [1.29, 1.82) is 0 Å². The zero-order valence-electron chi connectivity index (χ0n) is 10.0. The highest BCUT2D eigenvalue weighted by molar-refractivity contribution is 6.00. The number of phenolic OH excluding ortho intramolecular Hbond substituents is 2. The van der Waals surface area contributed by atoms with Crippen LogP contribution in [0.3, 0.4) is 0 Å². The zero-order valence-corrected chi connectivity index (χ0v) is 10.0. The number of benzene rings is 2. The average molecular weight is 256 g/mol. The van der Waals surface area contributed by atoms with Crippen LogP contribution in [0.15, 0.2) is 42.5 Å². The van der Waals surface area contributed by atoms with Gasteiger partial charge in [-0.3, -0.25) is 4.79 Å². The molecule has 0 amide bonds. The molecule has 0 saturated heterocycles. The Bertz CT molecular complexity index is 648. The Morgan fingerprint density at radius 1 is 1.11 bits per heavy atom. The Morgan fingerprint density at radius 3 is 2.74 bits per heavy atom. The molecule has 0 spiro atoms. The number of ketones is 1. The molecule has 0 saturated carbocycles. The fourth-order valence-corrected chi connectivity index (χ4v) is 2.25. The number of para-hydroxylation sites is 1. The molecule has 96 valence electrons. The number of hydrogen-bond acceptors (Lipinski definition) is 4. The third-order valence-electron chi connectivity index (χ3n) is 3.19. The molecule has 0 radical (unpaired) electrons. The predicted octanol–water partition coefficient (Wildman–Crippen LogP) is 2.80. The van der Waals surface area contributed by atoms with Gasteiger partial charge in [0.15, 0.2) is 5.78 Å². The van der Waals surface area contributed by atoms with Crippen molar-refractivity contribution in [3.63, 3.8) is 0 Å². The van der Waals surface area contributed by atoms with Gasteiger partial charge < -0.3 is 14.9 Å². The van der Waals surface area contributed by atoms with Gasteiger partial charge in [-0.25, -0.2) is 0 Å². The third kappa shape index (κ3) is 2.01. The van der Waals surface area contributed by atoms with Gasteiger partial charge in [0, 0.05) is 5.56 Å². The fraction of sp³-hybridized carbons (Fsp3) is 0.133. The molecule has 1 aliphatic heterocycles. The predicted molar refractivity (Wildman–Crippen MR) is 68.5 cm³/mol. The molecule has 2 aromatic carbocycles. The molecule has 4 nitrogen and oxygen atoms in total. The van der Waals surface area contributed by atoms with Crippen LogP contribution in [0.4, 0.5) is 0 Å². The van der Waals surface area contributed by atoms with Crippen LogP contribution < -0.4 is 4.74 Å². The van der Waals surface area contributed by atoms with E-state index in [0.29, 0.717) is 16.9 Å². The Hall–Kier alpha value is -2.49. The molecule has 0 aromatic heterocycles. The first-order valence-corrected chi connectivity index (χ1v) is 5.96. The Balaban J connectivity index is 2.01. The van der Waals surface area contributed by atoms with Gasteiger partial charge in [0.25, 0.3) is 0 Å². The first kappa shape index (κ1) is 11.6. The lowest BCUT2D eigenvalue weighted by atomic mass is 9.96. The van der Waals surface area contributed by atoms with E-state index in [9.17, 15) is 15.0 Å². The molecule has 4 heteroatoms. The molecule has 0 fully saturated rings. The lowest BCUT2D eigenvalue weighted by molar-refractivity contribution is 0.0847. The summed E-state index contributed by atoms with van der Waals surface area (Å²) in [7, 11) is 0. The summed E-state index contributed by atoms with van der Waals surface area (Å²) in [6.07, 6.45) is -0.428. The fourth-order valence-electron chi connectivity index (χ4n) is 2.25. The largest absolute Gasteiger partial charge is 0.508 e. The Labute approximate surface area is 109 Å². The van der Waals surface area contributed by atoms with Crippen molar-refractivity contribution in [2.24, 2.45) is 0 Å². The molecule has 1 atom stereocenters. The molecule has 1 heterocycles. The van der Waals surface area contributed by atoms with Crippen molar-refractivity contribution in [3.05, 3.63) is 53.6 Å². The number of carbonyl (C=O) groups is 1. The zero-order chi connectivity index (χ0) is 13.4. The highest BCUT2D eigenvalue weighted by atomic mass is 16.5. The summed E-state index contributed by atoms with van der Waals surface area (Å²) >= 11 is 0. The second kappa shape index (κ2) is 4.31. The summed E-state index contributed by atoms with van der Waals surface area (Å²) in [5.41, 5.74) is 0.973. The van der Waals surface area contributed by atoms with Crippen molar-refractivity contribution < 1.29 is 19.7 Å². The number of aromatic hydroxyl groups is 2. The van der Waals surface area contributed by atoms with Crippen LogP contribution in [0.2, 0.25) is 0 Å².